The fourth-order valence-corrected chi connectivity index (χ4v) is 4.13. The van der Waals surface area contributed by atoms with E-state index < -0.39 is 0 Å². The molecule has 0 amide bonds. The second kappa shape index (κ2) is 11.1. The molecule has 0 bridgehead atoms. The molecule has 0 N–H and O–H groups in total. The van der Waals surface area contributed by atoms with Gasteiger partial charge in [-0.15, -0.1) is 24.0 Å². The Hall–Kier alpha value is -2.20. The Bertz CT molecular complexity index is 1060. The minimum Gasteiger partial charge on any atom is -0.493 e. The fraction of sp³-hybridized carbons (Fsp3) is 0.417. The van der Waals surface area contributed by atoms with Gasteiger partial charge in [0.15, 0.2) is 22.9 Å². The summed E-state index contributed by atoms with van der Waals surface area (Å²) < 4.78 is 29.9. The Labute approximate surface area is 204 Å². The van der Waals surface area contributed by atoms with Crippen LogP contribution in [0.1, 0.15) is 48.2 Å². The third-order valence-electron chi connectivity index (χ3n) is 5.88. The molecule has 4 rings (SSSR count). The van der Waals surface area contributed by atoms with Crippen molar-refractivity contribution in [3.8, 4) is 11.5 Å². The minimum atomic E-state index is -0.306. The first-order chi connectivity index (χ1) is 15.0. The van der Waals surface area contributed by atoms with Crippen LogP contribution >= 0.6 is 24.0 Å². The van der Waals surface area contributed by atoms with Crippen LogP contribution in [0.5, 0.6) is 11.5 Å². The largest absolute Gasteiger partial charge is 0.493 e. The van der Waals surface area contributed by atoms with Gasteiger partial charge in [0.05, 0.1) is 19.4 Å². The number of ether oxygens (including phenoxy) is 2. The monoisotopic (exact) mass is 554 g/mol. The van der Waals surface area contributed by atoms with Gasteiger partial charge < -0.3 is 18.9 Å². The first kappa shape index (κ1) is 24.4. The van der Waals surface area contributed by atoms with Crippen molar-refractivity contribution in [2.75, 3.05) is 33.4 Å². The molecule has 1 aromatic heterocycles. The summed E-state index contributed by atoms with van der Waals surface area (Å²) in [6.07, 6.45) is 2.90. The smallest absolute Gasteiger partial charge is 0.170 e. The number of carbonyl (C=O) groups excluding carboxylic acids is 1. The summed E-state index contributed by atoms with van der Waals surface area (Å²) in [5.41, 5.74) is 2.07. The molecule has 1 saturated heterocycles. The maximum atomic E-state index is 13.4. The van der Waals surface area contributed by atoms with Crippen LogP contribution in [0.25, 0.3) is 11.0 Å². The minimum absolute atomic E-state index is 0. The van der Waals surface area contributed by atoms with E-state index in [-0.39, 0.29) is 35.6 Å². The molecule has 0 radical (unpaired) electrons. The zero-order valence-electron chi connectivity index (χ0n) is 18.3. The van der Waals surface area contributed by atoms with Crippen molar-refractivity contribution in [2.45, 2.75) is 32.1 Å². The van der Waals surface area contributed by atoms with Crippen LogP contribution in [-0.4, -0.2) is 49.2 Å². The van der Waals surface area contributed by atoms with Gasteiger partial charge in [0, 0.05) is 29.5 Å². The van der Waals surface area contributed by atoms with Gasteiger partial charge in [-0.3, -0.25) is 4.79 Å². The van der Waals surface area contributed by atoms with Crippen molar-refractivity contribution >= 4 is 40.7 Å². The molecule has 32 heavy (non-hydrogen) atoms. The van der Waals surface area contributed by atoms with E-state index in [0.717, 1.165) is 50.0 Å². The van der Waals surface area contributed by atoms with Crippen LogP contribution in [-0.2, 0) is 0 Å². The third kappa shape index (κ3) is 5.58. The second-order valence-corrected chi connectivity index (χ2v) is 7.95. The van der Waals surface area contributed by atoms with Crippen molar-refractivity contribution < 1.29 is 23.2 Å². The lowest BCUT2D eigenvalue weighted by Gasteiger charge is -2.31. The molecule has 0 spiro atoms. The number of hydrogen-bond acceptors (Lipinski definition) is 6. The first-order valence-electron chi connectivity index (χ1n) is 10.6. The van der Waals surface area contributed by atoms with Crippen LogP contribution in [0.4, 0.5) is 4.39 Å². The number of carbonyl (C=O) groups is 1. The summed E-state index contributed by atoms with van der Waals surface area (Å²) in [5, 5.41) is 5.13. The summed E-state index contributed by atoms with van der Waals surface area (Å²) >= 11 is 0. The second-order valence-electron chi connectivity index (χ2n) is 7.95. The number of halogens is 2. The van der Waals surface area contributed by atoms with E-state index in [1.54, 1.807) is 31.4 Å². The van der Waals surface area contributed by atoms with Crippen molar-refractivity contribution in [2.24, 2.45) is 0 Å². The normalized spacial score (nSPS) is 14.8. The number of ketones is 1. The average Bonchev–Trinajstić information content (AvgIpc) is 3.20. The number of Topliss-reactive ketones (excluding diaryl/α,β-unsaturated/α-hetero) is 1. The highest BCUT2D eigenvalue weighted by molar-refractivity contribution is 14.0. The highest BCUT2D eigenvalue weighted by Gasteiger charge is 2.25. The molecule has 1 aliphatic heterocycles. The summed E-state index contributed by atoms with van der Waals surface area (Å²) in [6.45, 7) is 5.03. The van der Waals surface area contributed by atoms with Gasteiger partial charge in [-0.2, -0.15) is 0 Å². The molecular formula is C24H28FIN2O4. The lowest BCUT2D eigenvalue weighted by Crippen LogP contribution is -2.34. The predicted molar refractivity (Wildman–Crippen MR) is 131 cm³/mol. The number of aromatic nitrogens is 1. The number of nitrogens with zero attached hydrogens (tertiary/aromatic N) is 2. The number of likely N-dealkylation sites (tertiary alicyclic amines) is 1. The van der Waals surface area contributed by atoms with E-state index in [2.05, 4.69) is 10.1 Å². The van der Waals surface area contributed by atoms with E-state index in [9.17, 15) is 9.18 Å². The van der Waals surface area contributed by atoms with E-state index in [1.807, 2.05) is 0 Å². The van der Waals surface area contributed by atoms with Gasteiger partial charge in [0.1, 0.15) is 5.82 Å². The van der Waals surface area contributed by atoms with Gasteiger partial charge in [0.2, 0.25) is 0 Å². The predicted octanol–water partition coefficient (Wildman–Crippen LogP) is 5.44. The number of methoxy groups -OCH3 is 1. The van der Waals surface area contributed by atoms with Gasteiger partial charge in [0.25, 0.3) is 0 Å². The van der Waals surface area contributed by atoms with Crippen molar-refractivity contribution in [3.63, 3.8) is 0 Å². The van der Waals surface area contributed by atoms with E-state index in [4.69, 9.17) is 14.0 Å². The lowest BCUT2D eigenvalue weighted by atomic mass is 9.91. The van der Waals surface area contributed by atoms with Crippen LogP contribution < -0.4 is 9.47 Å². The molecule has 0 atom stereocenters. The number of piperidine rings is 1. The third-order valence-corrected chi connectivity index (χ3v) is 5.88. The van der Waals surface area contributed by atoms with Gasteiger partial charge >= 0.3 is 0 Å². The van der Waals surface area contributed by atoms with Gasteiger partial charge in [-0.25, -0.2) is 4.39 Å². The fourth-order valence-electron chi connectivity index (χ4n) is 4.13. The standard InChI is InChI=1S/C24H27FN2O4.HI/c1-16(28)18-4-7-21(23(14-18)29-2)30-13-3-10-27-11-8-17(9-12-27)24-20-6-5-19(25)15-22(20)31-26-24;/h4-7,14-15,17H,3,8-13H2,1-2H3;1H. The van der Waals surface area contributed by atoms with Gasteiger partial charge in [-0.1, -0.05) is 5.16 Å². The maximum absolute atomic E-state index is 13.4. The topological polar surface area (TPSA) is 64.8 Å². The maximum Gasteiger partial charge on any atom is 0.170 e. The average molecular weight is 554 g/mol. The Morgan fingerprint density at radius 2 is 1.97 bits per heavy atom. The van der Waals surface area contributed by atoms with Crippen LogP contribution in [0.3, 0.4) is 0 Å². The molecule has 6 nitrogen and oxygen atoms in total. The molecule has 2 heterocycles. The number of fused-ring (bicyclic) bond motifs is 1. The van der Waals surface area contributed by atoms with Crippen molar-refractivity contribution in [1.82, 2.24) is 10.1 Å². The molecule has 1 fully saturated rings. The molecule has 0 saturated carbocycles. The highest BCUT2D eigenvalue weighted by atomic mass is 127. The summed E-state index contributed by atoms with van der Waals surface area (Å²) in [4.78, 5) is 13.9. The molecular weight excluding hydrogens is 526 g/mol. The molecule has 2 aromatic carbocycles. The highest BCUT2D eigenvalue weighted by Crippen LogP contribution is 2.33. The van der Waals surface area contributed by atoms with Gasteiger partial charge in [-0.05, 0) is 69.6 Å². The zero-order valence-corrected chi connectivity index (χ0v) is 20.6. The molecule has 0 unspecified atom stereocenters. The molecule has 172 valence electrons. The molecule has 3 aromatic rings. The SMILES string of the molecule is COc1cc(C(C)=O)ccc1OCCCN1CCC(c2noc3cc(F)ccc23)CC1.I. The summed E-state index contributed by atoms with van der Waals surface area (Å²) in [5.74, 6) is 1.26. The Balaban J connectivity index is 0.00000289. The lowest BCUT2D eigenvalue weighted by molar-refractivity contribution is 0.101. The summed E-state index contributed by atoms with van der Waals surface area (Å²) in [6, 6.07) is 9.87. The Kier molecular flexibility index (Phi) is 8.47. The molecule has 1 aliphatic rings. The van der Waals surface area contributed by atoms with Crippen molar-refractivity contribution in [3.05, 3.63) is 53.5 Å². The number of hydrogen-bond donors (Lipinski definition) is 0. The zero-order chi connectivity index (χ0) is 21.8. The van der Waals surface area contributed by atoms with Crippen molar-refractivity contribution in [1.29, 1.82) is 0 Å². The molecule has 0 aliphatic carbocycles. The first-order valence-corrected chi connectivity index (χ1v) is 10.6. The molecule has 8 heteroatoms. The van der Waals surface area contributed by atoms with E-state index >= 15 is 0 Å². The quantitative estimate of drug-likeness (QED) is 0.210. The Morgan fingerprint density at radius 1 is 1.19 bits per heavy atom. The van der Waals surface area contributed by atoms with E-state index in [0.29, 0.717) is 35.2 Å². The van der Waals surface area contributed by atoms with Crippen LogP contribution in [0.15, 0.2) is 40.9 Å². The van der Waals surface area contributed by atoms with E-state index in [1.165, 1.54) is 19.1 Å². The van der Waals surface area contributed by atoms with Crippen LogP contribution in [0, 0.1) is 5.82 Å². The number of rotatable bonds is 8. The Morgan fingerprint density at radius 3 is 2.69 bits per heavy atom. The summed E-state index contributed by atoms with van der Waals surface area (Å²) in [7, 11) is 1.57. The number of benzene rings is 2. The van der Waals surface area contributed by atoms with Crippen LogP contribution in [0.2, 0.25) is 0 Å².